The van der Waals surface area contributed by atoms with Crippen LogP contribution in [0.1, 0.15) is 25.7 Å². The van der Waals surface area contributed by atoms with Crippen LogP contribution in [0.5, 0.6) is 0 Å². The molecule has 90 valence electrons. The van der Waals surface area contributed by atoms with Crippen molar-refractivity contribution in [3.63, 3.8) is 0 Å². The summed E-state index contributed by atoms with van der Waals surface area (Å²) in [6.07, 6.45) is 5.70. The van der Waals surface area contributed by atoms with Gasteiger partial charge in [0.1, 0.15) is 0 Å². The summed E-state index contributed by atoms with van der Waals surface area (Å²) >= 11 is 2.19. The summed E-state index contributed by atoms with van der Waals surface area (Å²) < 4.78 is 8.95. The van der Waals surface area contributed by atoms with Crippen LogP contribution >= 0.6 is 24.1 Å². The maximum absolute atomic E-state index is 9.66. The van der Waals surface area contributed by atoms with Gasteiger partial charge in [0.15, 0.2) is 0 Å². The molecule has 9 heteroatoms. The Kier molecular flexibility index (Phi) is 12.6. The first-order valence-electron chi connectivity index (χ1n) is 4.60. The van der Waals surface area contributed by atoms with Crippen molar-refractivity contribution in [2.24, 2.45) is 0 Å². The predicted octanol–water partition coefficient (Wildman–Crippen LogP) is -2.10. The number of hydrogen-bond acceptors (Lipinski definition) is 8. The van der Waals surface area contributed by atoms with Crippen LogP contribution in [0.2, 0.25) is 0 Å². The zero-order valence-corrected chi connectivity index (χ0v) is 13.0. The van der Waals surface area contributed by atoms with E-state index in [0.29, 0.717) is 0 Å². The first-order chi connectivity index (χ1) is 7.36. The van der Waals surface area contributed by atoms with Gasteiger partial charge in [0.2, 0.25) is 0 Å². The molecule has 1 N–H and O–H groups in total. The van der Waals surface area contributed by atoms with Crippen molar-refractivity contribution in [1.82, 2.24) is 5.48 Å². The van der Waals surface area contributed by atoms with Gasteiger partial charge in [0.25, 0.3) is 0 Å². The summed E-state index contributed by atoms with van der Waals surface area (Å²) in [6.45, 7) is 0. The van der Waals surface area contributed by atoms with Crippen LogP contribution in [0.4, 0.5) is 0 Å². The summed E-state index contributed by atoms with van der Waals surface area (Å²) in [4.78, 5) is 4.74. The third-order valence-electron chi connectivity index (χ3n) is 2.15. The Morgan fingerprint density at radius 2 is 2.12 bits per heavy atom. The molecule has 0 aromatic rings. The second-order valence-corrected chi connectivity index (χ2v) is 4.62. The van der Waals surface area contributed by atoms with Gasteiger partial charge in [-0.25, -0.2) is 0 Å². The molecule has 6 nitrogen and oxygen atoms in total. The Morgan fingerprint density at radius 1 is 1.31 bits per heavy atom. The summed E-state index contributed by atoms with van der Waals surface area (Å²) in [5.41, 5.74) is 2.80. The molecule has 0 saturated heterocycles. The molecular weight excluding hydrogens is 265 g/mol. The van der Waals surface area contributed by atoms with Gasteiger partial charge in [-0.1, -0.05) is 6.42 Å². The average molecular weight is 279 g/mol. The molecule has 0 spiro atoms. The SMILES string of the molecule is CSOONC1CCCC(SOO[O-])C1.[Na+]. The van der Waals surface area contributed by atoms with E-state index in [-0.39, 0.29) is 40.8 Å². The zero-order chi connectivity index (χ0) is 10.9. The third kappa shape index (κ3) is 7.72. The molecule has 0 aromatic carbocycles. The van der Waals surface area contributed by atoms with Crippen LogP contribution in [0.15, 0.2) is 0 Å². The molecule has 1 fully saturated rings. The summed E-state index contributed by atoms with van der Waals surface area (Å²) in [5.74, 6) is 0. The number of rotatable bonds is 7. The van der Waals surface area contributed by atoms with Crippen LogP contribution in [0.25, 0.3) is 0 Å². The molecule has 0 bridgehead atoms. The Morgan fingerprint density at radius 3 is 2.81 bits per heavy atom. The molecule has 1 aliphatic carbocycles. The van der Waals surface area contributed by atoms with Crippen LogP contribution in [0, 0.1) is 0 Å². The standard InChI is InChI=1S/C7H15NO5S2.Na/c1-14-12-10-8-6-3-2-4-7(5-6)15-13-11-9;/h6-9H,2-5H2,1H3;/q;+1/p-1. The molecule has 0 heterocycles. The molecule has 1 rings (SSSR count). The summed E-state index contributed by atoms with van der Waals surface area (Å²) in [6, 6.07) is 0.221. The summed E-state index contributed by atoms with van der Waals surface area (Å²) in [7, 11) is 0. The fourth-order valence-corrected chi connectivity index (χ4v) is 2.36. The first-order valence-corrected chi connectivity index (χ1v) is 6.56. The number of hydroxylamine groups is 1. The third-order valence-corrected chi connectivity index (χ3v) is 3.18. The fraction of sp³-hybridized carbons (Fsp3) is 1.00. The smallest absolute Gasteiger partial charge is 0.691 e. The van der Waals surface area contributed by atoms with E-state index in [2.05, 4.69) is 19.2 Å². The van der Waals surface area contributed by atoms with E-state index >= 15 is 0 Å². The molecule has 0 radical (unpaired) electrons. The van der Waals surface area contributed by atoms with Crippen molar-refractivity contribution in [1.29, 1.82) is 0 Å². The quantitative estimate of drug-likeness (QED) is 0.187. The molecule has 0 amide bonds. The van der Waals surface area contributed by atoms with E-state index in [0.717, 1.165) is 49.8 Å². The van der Waals surface area contributed by atoms with E-state index in [9.17, 15) is 5.26 Å². The molecule has 0 aliphatic heterocycles. The molecule has 2 unspecified atom stereocenters. The fourth-order valence-electron chi connectivity index (χ4n) is 1.53. The van der Waals surface area contributed by atoms with Gasteiger partial charge in [-0.05, 0) is 19.3 Å². The Labute approximate surface area is 126 Å². The largest absolute Gasteiger partial charge is 1.00 e. The van der Waals surface area contributed by atoms with E-state index < -0.39 is 0 Å². The minimum absolute atomic E-state index is 0. The van der Waals surface area contributed by atoms with Crippen LogP contribution in [-0.4, -0.2) is 17.5 Å². The molecule has 1 saturated carbocycles. The molecule has 2 atom stereocenters. The van der Waals surface area contributed by atoms with Crippen molar-refractivity contribution in [2.75, 3.05) is 6.26 Å². The van der Waals surface area contributed by atoms with Gasteiger partial charge in [-0.2, -0.15) is 9.81 Å². The van der Waals surface area contributed by atoms with Crippen molar-refractivity contribution in [3.8, 4) is 0 Å². The normalized spacial score (nSPS) is 25.1. The van der Waals surface area contributed by atoms with Crippen LogP contribution in [-0.2, 0) is 18.7 Å². The monoisotopic (exact) mass is 279 g/mol. The van der Waals surface area contributed by atoms with Crippen molar-refractivity contribution < 1.29 is 53.5 Å². The minimum atomic E-state index is 0. The maximum atomic E-state index is 9.66. The van der Waals surface area contributed by atoms with Gasteiger partial charge >= 0.3 is 29.6 Å². The Bertz CT molecular complexity index is 170. The predicted molar refractivity (Wildman–Crippen MR) is 54.6 cm³/mol. The van der Waals surface area contributed by atoms with Crippen LogP contribution < -0.4 is 40.3 Å². The van der Waals surface area contributed by atoms with Gasteiger partial charge in [-0.15, -0.1) is 9.32 Å². The van der Waals surface area contributed by atoms with E-state index in [1.807, 2.05) is 0 Å². The molecule has 0 aromatic heterocycles. The van der Waals surface area contributed by atoms with Crippen molar-refractivity contribution in [2.45, 2.75) is 37.0 Å². The van der Waals surface area contributed by atoms with Gasteiger partial charge in [0, 0.05) is 41.6 Å². The van der Waals surface area contributed by atoms with Crippen LogP contribution in [0.3, 0.4) is 0 Å². The Hall–Kier alpha value is 1.46. The molecular formula is C7H14NNaO5S2. The number of hydrogen-bond donors (Lipinski definition) is 1. The Balaban J connectivity index is 0.00000225. The second-order valence-electron chi connectivity index (χ2n) is 3.15. The number of nitrogens with one attached hydrogen (secondary N) is 1. The second kappa shape index (κ2) is 11.5. The molecule has 1 aliphatic rings. The van der Waals surface area contributed by atoms with Gasteiger partial charge < -0.3 is 5.26 Å². The van der Waals surface area contributed by atoms with E-state index in [1.165, 1.54) is 0 Å². The first kappa shape index (κ1) is 17.5. The average Bonchev–Trinajstić information content (AvgIpc) is 2.27. The maximum Gasteiger partial charge on any atom is 1.00 e. The van der Waals surface area contributed by atoms with Crippen molar-refractivity contribution >= 4 is 24.1 Å². The van der Waals surface area contributed by atoms with Crippen molar-refractivity contribution in [3.05, 3.63) is 0 Å². The minimum Gasteiger partial charge on any atom is -0.691 e. The van der Waals surface area contributed by atoms with E-state index in [1.54, 1.807) is 6.26 Å². The van der Waals surface area contributed by atoms with E-state index in [4.69, 9.17) is 4.99 Å². The molecule has 16 heavy (non-hydrogen) atoms. The zero-order valence-electron chi connectivity index (χ0n) is 9.34. The van der Waals surface area contributed by atoms with Gasteiger partial charge in [0.05, 0.1) is 0 Å². The summed E-state index contributed by atoms with van der Waals surface area (Å²) in [5, 5.41) is 13.2. The van der Waals surface area contributed by atoms with Gasteiger partial charge in [-0.3, -0.25) is 5.04 Å². The topological polar surface area (TPSA) is 72.0 Å².